The maximum atomic E-state index is 13.4. The highest BCUT2D eigenvalue weighted by molar-refractivity contribution is 9.10. The second kappa shape index (κ2) is 11.5. The van der Waals surface area contributed by atoms with E-state index in [-0.39, 0.29) is 11.9 Å². The number of anilines is 3. The molecular weight excluding hydrogens is 602 g/mol. The van der Waals surface area contributed by atoms with Gasteiger partial charge in [-0.3, -0.25) is 14.4 Å². The van der Waals surface area contributed by atoms with E-state index >= 15 is 0 Å². The van der Waals surface area contributed by atoms with E-state index in [4.69, 9.17) is 0 Å². The number of hydrogen-bond donors (Lipinski definition) is 2. The molecule has 2 atom stereocenters. The fourth-order valence-corrected chi connectivity index (χ4v) is 6.37. The molecule has 8 nitrogen and oxygen atoms in total. The van der Waals surface area contributed by atoms with Crippen LogP contribution in [0.4, 0.5) is 17.1 Å². The van der Waals surface area contributed by atoms with Gasteiger partial charge in [0.15, 0.2) is 0 Å². The van der Waals surface area contributed by atoms with Crippen LogP contribution in [0.2, 0.25) is 0 Å². The van der Waals surface area contributed by atoms with Crippen molar-refractivity contribution in [2.75, 3.05) is 48.3 Å². The molecule has 0 radical (unpaired) electrons. The maximum Gasteiger partial charge on any atom is 0.313 e. The van der Waals surface area contributed by atoms with Gasteiger partial charge in [0, 0.05) is 46.9 Å². The van der Waals surface area contributed by atoms with Crippen LogP contribution in [-0.2, 0) is 14.4 Å². The lowest BCUT2D eigenvalue weighted by atomic mass is 10.0. The van der Waals surface area contributed by atoms with Gasteiger partial charge in [0.2, 0.25) is 5.91 Å². The van der Waals surface area contributed by atoms with Crippen LogP contribution in [0.5, 0.6) is 0 Å². The monoisotopic (exact) mass is 633 g/mol. The third kappa shape index (κ3) is 6.18. The third-order valence-corrected chi connectivity index (χ3v) is 7.97. The summed E-state index contributed by atoms with van der Waals surface area (Å²) < 4.78 is 1.75. The molecule has 0 aliphatic carbocycles. The van der Waals surface area contributed by atoms with E-state index in [1.807, 2.05) is 38.1 Å². The molecule has 0 saturated carbocycles. The van der Waals surface area contributed by atoms with Crippen LogP contribution in [0, 0.1) is 13.8 Å². The van der Waals surface area contributed by atoms with E-state index in [0.717, 1.165) is 57.5 Å². The molecule has 2 unspecified atom stereocenters. The molecule has 2 saturated heterocycles. The van der Waals surface area contributed by atoms with Crippen LogP contribution in [0.15, 0.2) is 39.3 Å². The summed E-state index contributed by atoms with van der Waals surface area (Å²) in [6.45, 7) is 9.28. The van der Waals surface area contributed by atoms with Crippen LogP contribution in [0.3, 0.4) is 0 Å². The fraction of sp³-hybridized carbons (Fsp3) is 0.444. The molecule has 2 aliphatic rings. The van der Waals surface area contributed by atoms with Gasteiger partial charge >= 0.3 is 11.8 Å². The second-order valence-corrected chi connectivity index (χ2v) is 11.8. The summed E-state index contributed by atoms with van der Waals surface area (Å²) in [7, 11) is 2.09. The van der Waals surface area contributed by atoms with Gasteiger partial charge in [-0.25, -0.2) is 0 Å². The summed E-state index contributed by atoms with van der Waals surface area (Å²) in [5.41, 5.74) is 4.24. The molecule has 198 valence electrons. The van der Waals surface area contributed by atoms with Crippen molar-refractivity contribution in [1.29, 1.82) is 0 Å². The van der Waals surface area contributed by atoms with Gasteiger partial charge in [0.25, 0.3) is 0 Å². The average Bonchev–Trinajstić information content (AvgIpc) is 2.81. The predicted molar refractivity (Wildman–Crippen MR) is 154 cm³/mol. The molecule has 37 heavy (non-hydrogen) atoms. The van der Waals surface area contributed by atoms with Crippen LogP contribution >= 0.6 is 31.9 Å². The SMILES string of the molecule is Cc1cc(Br)cc(C)c1N1CCCC(NC(=O)C(=O)Nc2cc(Br)ccc2N2CCN(C)CC2C)C1=O. The first-order valence-corrected chi connectivity index (χ1v) is 14.1. The fourth-order valence-electron chi connectivity index (χ4n) is 5.32. The number of aryl methyl sites for hydroxylation is 2. The minimum atomic E-state index is -0.818. The van der Waals surface area contributed by atoms with Crippen LogP contribution in [0.1, 0.15) is 30.9 Å². The Morgan fingerprint density at radius 1 is 0.973 bits per heavy atom. The standard InChI is InChI=1S/C27H33Br2N5O3/c1-16-12-20(29)13-17(2)24(16)34-9-5-6-21(27(34)37)30-25(35)26(36)31-22-14-19(28)7-8-23(22)33-11-10-32(4)15-18(33)3/h7-8,12-14,18,21H,5-6,9-11,15H2,1-4H3,(H,30,35)(H,31,36). The summed E-state index contributed by atoms with van der Waals surface area (Å²) in [4.78, 5) is 45.5. The summed E-state index contributed by atoms with van der Waals surface area (Å²) in [5, 5.41) is 5.47. The molecule has 2 fully saturated rings. The lowest BCUT2D eigenvalue weighted by Crippen LogP contribution is -2.54. The predicted octanol–water partition coefficient (Wildman–Crippen LogP) is 4.22. The van der Waals surface area contributed by atoms with Crippen molar-refractivity contribution in [2.24, 2.45) is 0 Å². The van der Waals surface area contributed by atoms with Crippen LogP contribution in [-0.4, -0.2) is 67.9 Å². The first-order chi connectivity index (χ1) is 17.5. The van der Waals surface area contributed by atoms with Crippen LogP contribution < -0.4 is 20.4 Å². The second-order valence-electron chi connectivity index (χ2n) is 9.97. The smallest absolute Gasteiger partial charge is 0.313 e. The van der Waals surface area contributed by atoms with Gasteiger partial charge in [-0.2, -0.15) is 0 Å². The third-order valence-electron chi connectivity index (χ3n) is 7.02. The lowest BCUT2D eigenvalue weighted by molar-refractivity contribution is -0.138. The summed E-state index contributed by atoms with van der Waals surface area (Å²) in [5.74, 6) is -1.81. The van der Waals surface area contributed by atoms with Gasteiger partial charge in [0.1, 0.15) is 6.04 Å². The van der Waals surface area contributed by atoms with E-state index in [9.17, 15) is 14.4 Å². The van der Waals surface area contributed by atoms with E-state index in [1.165, 1.54) is 0 Å². The Hall–Kier alpha value is -2.43. The average molecular weight is 635 g/mol. The van der Waals surface area contributed by atoms with E-state index < -0.39 is 17.9 Å². The van der Waals surface area contributed by atoms with Crippen molar-refractivity contribution in [3.8, 4) is 0 Å². The number of rotatable bonds is 4. The van der Waals surface area contributed by atoms with Crippen molar-refractivity contribution in [1.82, 2.24) is 10.2 Å². The molecule has 2 aliphatic heterocycles. The van der Waals surface area contributed by atoms with Crippen molar-refractivity contribution in [3.05, 3.63) is 50.4 Å². The molecule has 2 heterocycles. The first kappa shape index (κ1) is 27.6. The van der Waals surface area contributed by atoms with Gasteiger partial charge < -0.3 is 25.3 Å². The Morgan fingerprint density at radius 2 is 1.68 bits per heavy atom. The Morgan fingerprint density at radius 3 is 2.35 bits per heavy atom. The summed E-state index contributed by atoms with van der Waals surface area (Å²) in [6.07, 6.45) is 1.22. The zero-order chi connectivity index (χ0) is 26.9. The number of piperidine rings is 1. The molecule has 0 bridgehead atoms. The van der Waals surface area contributed by atoms with Crippen molar-refractivity contribution in [2.45, 2.75) is 45.7 Å². The van der Waals surface area contributed by atoms with Crippen molar-refractivity contribution < 1.29 is 14.4 Å². The van der Waals surface area contributed by atoms with Crippen molar-refractivity contribution >= 4 is 66.6 Å². The molecular formula is C27H33Br2N5O3. The summed E-state index contributed by atoms with van der Waals surface area (Å²) >= 11 is 6.97. The number of benzene rings is 2. The number of nitrogens with zero attached hydrogens (tertiary/aromatic N) is 3. The lowest BCUT2D eigenvalue weighted by Gasteiger charge is -2.40. The number of carbonyl (C=O) groups is 3. The number of likely N-dealkylation sites (N-methyl/N-ethyl adjacent to an activating group) is 1. The van der Waals surface area contributed by atoms with E-state index in [1.54, 1.807) is 11.0 Å². The molecule has 2 aromatic rings. The highest BCUT2D eigenvalue weighted by atomic mass is 79.9. The molecule has 0 aromatic heterocycles. The van der Waals surface area contributed by atoms with Gasteiger partial charge in [-0.05, 0) is 82.1 Å². The Kier molecular flexibility index (Phi) is 8.60. The van der Waals surface area contributed by atoms with Gasteiger partial charge in [-0.1, -0.05) is 31.9 Å². The zero-order valence-electron chi connectivity index (χ0n) is 21.6. The normalized spacial score (nSPS) is 20.6. The number of piperazine rings is 1. The number of carbonyl (C=O) groups excluding carboxylic acids is 3. The quantitative estimate of drug-likeness (QED) is 0.492. The topological polar surface area (TPSA) is 85.0 Å². The number of hydrogen-bond acceptors (Lipinski definition) is 5. The van der Waals surface area contributed by atoms with E-state index in [0.29, 0.717) is 18.7 Å². The largest absolute Gasteiger partial charge is 0.365 e. The van der Waals surface area contributed by atoms with Gasteiger partial charge in [0.05, 0.1) is 11.4 Å². The molecule has 2 aromatic carbocycles. The number of halogens is 2. The van der Waals surface area contributed by atoms with Crippen molar-refractivity contribution in [3.63, 3.8) is 0 Å². The number of nitrogens with one attached hydrogen (secondary N) is 2. The minimum absolute atomic E-state index is 0.199. The highest BCUT2D eigenvalue weighted by Gasteiger charge is 2.34. The maximum absolute atomic E-state index is 13.4. The molecule has 3 amide bonds. The highest BCUT2D eigenvalue weighted by Crippen LogP contribution is 2.33. The number of amides is 3. The Balaban J connectivity index is 1.47. The molecule has 4 rings (SSSR count). The first-order valence-electron chi connectivity index (χ1n) is 12.5. The zero-order valence-corrected chi connectivity index (χ0v) is 24.8. The molecule has 10 heteroatoms. The Labute approximate surface area is 235 Å². The van der Waals surface area contributed by atoms with Crippen LogP contribution in [0.25, 0.3) is 0 Å². The Bertz CT molecular complexity index is 1200. The van der Waals surface area contributed by atoms with E-state index in [2.05, 4.69) is 66.3 Å². The molecule has 0 spiro atoms. The van der Waals surface area contributed by atoms with Gasteiger partial charge in [-0.15, -0.1) is 0 Å². The summed E-state index contributed by atoms with van der Waals surface area (Å²) in [6, 6.07) is 9.12. The minimum Gasteiger partial charge on any atom is -0.365 e. The molecule has 2 N–H and O–H groups in total.